The molecule has 3 aromatic rings. The van der Waals surface area contributed by atoms with E-state index in [1.165, 1.54) is 34.9 Å². The van der Waals surface area contributed by atoms with Gasteiger partial charge in [-0.2, -0.15) is 0 Å². The lowest BCUT2D eigenvalue weighted by Gasteiger charge is -2.40. The van der Waals surface area contributed by atoms with Crippen molar-refractivity contribution >= 4 is 17.4 Å². The number of hydrogen-bond acceptors (Lipinski definition) is 2. The third-order valence-electron chi connectivity index (χ3n) is 7.10. The van der Waals surface area contributed by atoms with Crippen LogP contribution in [0.15, 0.2) is 60.7 Å². The van der Waals surface area contributed by atoms with Gasteiger partial charge in [-0.3, -0.25) is 9.80 Å². The first-order chi connectivity index (χ1) is 16.3. The molecule has 2 heterocycles. The highest BCUT2D eigenvalue weighted by atomic mass is 19.1. The van der Waals surface area contributed by atoms with Crippen molar-refractivity contribution in [3.8, 4) is 0 Å². The molecule has 0 atom stereocenters. The Hall–Kier alpha value is -3.25. The standard InChI is InChI=1S/C28H29F2N3O/c1-19-12-20(2)14-21(13-19)17-32-10-8-28(9-11-32)18-33(26-7-6-23(30)16-25(26)28)27(34)31-24-5-3-4-22(29)15-24/h3-7,12-16H,8-11,17-18H2,1-2H3,(H,31,34). The van der Waals surface area contributed by atoms with E-state index in [0.717, 1.165) is 43.7 Å². The number of nitrogens with zero attached hydrogens (tertiary/aromatic N) is 2. The highest BCUT2D eigenvalue weighted by Crippen LogP contribution is 2.47. The van der Waals surface area contributed by atoms with Gasteiger partial charge in [-0.15, -0.1) is 0 Å². The van der Waals surface area contributed by atoms with Crippen LogP contribution in [0.5, 0.6) is 0 Å². The van der Waals surface area contributed by atoms with Crippen LogP contribution >= 0.6 is 0 Å². The van der Waals surface area contributed by atoms with Gasteiger partial charge in [0.15, 0.2) is 0 Å². The Morgan fingerprint density at radius 3 is 2.35 bits per heavy atom. The second kappa shape index (κ2) is 8.84. The van der Waals surface area contributed by atoms with Gasteiger partial charge in [-0.25, -0.2) is 13.6 Å². The minimum atomic E-state index is -0.408. The van der Waals surface area contributed by atoms with Crippen LogP contribution in [0.1, 0.15) is 35.1 Å². The zero-order valence-electron chi connectivity index (χ0n) is 19.6. The zero-order chi connectivity index (χ0) is 23.9. The molecule has 5 rings (SSSR count). The van der Waals surface area contributed by atoms with Crippen LogP contribution in [-0.2, 0) is 12.0 Å². The summed E-state index contributed by atoms with van der Waals surface area (Å²) in [4.78, 5) is 17.3. The van der Waals surface area contributed by atoms with Crippen molar-refractivity contribution < 1.29 is 13.6 Å². The van der Waals surface area contributed by atoms with E-state index >= 15 is 0 Å². The second-order valence-electron chi connectivity index (χ2n) is 9.74. The lowest BCUT2D eigenvalue weighted by Crippen LogP contribution is -2.46. The van der Waals surface area contributed by atoms with E-state index < -0.39 is 5.82 Å². The molecule has 34 heavy (non-hydrogen) atoms. The van der Waals surface area contributed by atoms with Crippen molar-refractivity contribution in [3.63, 3.8) is 0 Å². The van der Waals surface area contributed by atoms with Gasteiger partial charge in [-0.1, -0.05) is 35.4 Å². The number of benzene rings is 3. The molecule has 0 aliphatic carbocycles. The van der Waals surface area contributed by atoms with Gasteiger partial charge in [0, 0.05) is 29.9 Å². The number of anilines is 2. The molecule has 0 bridgehead atoms. The van der Waals surface area contributed by atoms with E-state index in [4.69, 9.17) is 0 Å². The minimum absolute atomic E-state index is 0.282. The maximum Gasteiger partial charge on any atom is 0.326 e. The number of carbonyl (C=O) groups excluding carboxylic acids is 1. The Morgan fingerprint density at radius 1 is 0.941 bits per heavy atom. The molecule has 6 heteroatoms. The Labute approximate surface area is 199 Å². The maximum absolute atomic E-state index is 14.3. The fourth-order valence-electron chi connectivity index (χ4n) is 5.56. The number of rotatable bonds is 3. The number of likely N-dealkylation sites (tertiary alicyclic amines) is 1. The molecule has 0 radical (unpaired) electrons. The fraction of sp³-hybridized carbons (Fsp3) is 0.321. The summed E-state index contributed by atoms with van der Waals surface area (Å²) in [6, 6.07) is 16.8. The number of aryl methyl sites for hydroxylation is 2. The molecular formula is C28H29F2N3O. The molecule has 2 amide bonds. The Kier molecular flexibility index (Phi) is 5.86. The first-order valence-corrected chi connectivity index (χ1v) is 11.7. The summed E-state index contributed by atoms with van der Waals surface area (Å²) in [5.41, 5.74) is 5.59. The van der Waals surface area contributed by atoms with Gasteiger partial charge in [0.05, 0.1) is 0 Å². The average molecular weight is 462 g/mol. The third-order valence-corrected chi connectivity index (χ3v) is 7.10. The second-order valence-corrected chi connectivity index (χ2v) is 9.74. The van der Waals surface area contributed by atoms with Crippen LogP contribution in [0.4, 0.5) is 25.0 Å². The molecule has 1 N–H and O–H groups in total. The van der Waals surface area contributed by atoms with Gasteiger partial charge >= 0.3 is 6.03 Å². The number of amides is 2. The van der Waals surface area contributed by atoms with E-state index in [1.807, 2.05) is 0 Å². The first kappa shape index (κ1) is 22.5. The van der Waals surface area contributed by atoms with Gasteiger partial charge < -0.3 is 5.32 Å². The van der Waals surface area contributed by atoms with Gasteiger partial charge in [0.1, 0.15) is 11.6 Å². The molecule has 1 spiro atoms. The highest BCUT2D eigenvalue weighted by molar-refractivity contribution is 6.03. The largest absolute Gasteiger partial charge is 0.326 e. The number of halogens is 2. The molecular weight excluding hydrogens is 432 g/mol. The van der Waals surface area contributed by atoms with E-state index in [2.05, 4.69) is 42.3 Å². The lowest BCUT2D eigenvalue weighted by molar-refractivity contribution is 0.160. The quantitative estimate of drug-likeness (QED) is 0.507. The summed E-state index contributed by atoms with van der Waals surface area (Å²) in [7, 11) is 0. The zero-order valence-corrected chi connectivity index (χ0v) is 19.6. The predicted octanol–water partition coefficient (Wildman–Crippen LogP) is 6.17. The summed E-state index contributed by atoms with van der Waals surface area (Å²) in [6.45, 7) is 7.37. The van der Waals surface area contributed by atoms with Gasteiger partial charge in [-0.05, 0) is 87.3 Å². The monoisotopic (exact) mass is 461 g/mol. The average Bonchev–Trinajstić information content (AvgIpc) is 3.08. The van der Waals surface area contributed by atoms with Gasteiger partial charge in [0.25, 0.3) is 0 Å². The Balaban J connectivity index is 1.34. The van der Waals surface area contributed by atoms with Crippen LogP contribution in [0.3, 0.4) is 0 Å². The van der Waals surface area contributed by atoms with Crippen LogP contribution in [-0.4, -0.2) is 30.6 Å². The summed E-state index contributed by atoms with van der Waals surface area (Å²) < 4.78 is 27.9. The molecule has 2 aliphatic rings. The topological polar surface area (TPSA) is 35.6 Å². The SMILES string of the molecule is Cc1cc(C)cc(CN2CCC3(CC2)CN(C(=O)Nc2cccc(F)c2)c2ccc(F)cc23)c1. The molecule has 3 aromatic carbocycles. The number of piperidine rings is 1. The summed E-state index contributed by atoms with van der Waals surface area (Å²) in [5.74, 6) is -0.697. The van der Waals surface area contributed by atoms with E-state index in [9.17, 15) is 13.6 Å². The van der Waals surface area contributed by atoms with Crippen molar-refractivity contribution in [1.82, 2.24) is 4.90 Å². The fourth-order valence-corrected chi connectivity index (χ4v) is 5.56. The molecule has 1 saturated heterocycles. The molecule has 1 fully saturated rings. The van der Waals surface area contributed by atoms with E-state index in [-0.39, 0.29) is 17.3 Å². The smallest absolute Gasteiger partial charge is 0.307 e. The summed E-state index contributed by atoms with van der Waals surface area (Å²) >= 11 is 0. The lowest BCUT2D eigenvalue weighted by atomic mass is 9.74. The maximum atomic E-state index is 14.3. The Bertz CT molecular complexity index is 1210. The van der Waals surface area contributed by atoms with Crippen molar-refractivity contribution in [2.45, 2.75) is 38.6 Å². The molecule has 0 aromatic heterocycles. The molecule has 176 valence electrons. The van der Waals surface area contributed by atoms with Gasteiger partial charge in [0.2, 0.25) is 0 Å². The van der Waals surface area contributed by atoms with Crippen molar-refractivity contribution in [2.24, 2.45) is 0 Å². The third kappa shape index (κ3) is 4.42. The van der Waals surface area contributed by atoms with Crippen LogP contribution in [0.2, 0.25) is 0 Å². The molecule has 0 saturated carbocycles. The summed E-state index contributed by atoms with van der Waals surface area (Å²) in [5, 5.41) is 2.80. The Morgan fingerprint density at radius 2 is 1.65 bits per heavy atom. The number of nitrogens with one attached hydrogen (secondary N) is 1. The molecule has 4 nitrogen and oxygen atoms in total. The van der Waals surface area contributed by atoms with Crippen molar-refractivity contribution in [3.05, 3.63) is 94.6 Å². The van der Waals surface area contributed by atoms with Crippen molar-refractivity contribution in [1.29, 1.82) is 0 Å². The van der Waals surface area contributed by atoms with Crippen LogP contribution in [0.25, 0.3) is 0 Å². The number of hydrogen-bond donors (Lipinski definition) is 1. The first-order valence-electron chi connectivity index (χ1n) is 11.7. The van der Waals surface area contributed by atoms with E-state index in [1.54, 1.807) is 29.2 Å². The molecule has 0 unspecified atom stereocenters. The number of fused-ring (bicyclic) bond motifs is 2. The summed E-state index contributed by atoms with van der Waals surface area (Å²) in [6.07, 6.45) is 1.69. The highest BCUT2D eigenvalue weighted by Gasteiger charge is 2.46. The van der Waals surface area contributed by atoms with E-state index in [0.29, 0.717) is 12.2 Å². The minimum Gasteiger partial charge on any atom is -0.307 e. The normalized spacial score (nSPS) is 17.1. The number of urea groups is 1. The molecule has 2 aliphatic heterocycles. The number of carbonyl (C=O) groups is 1. The predicted molar refractivity (Wildman–Crippen MR) is 131 cm³/mol. The van der Waals surface area contributed by atoms with Crippen molar-refractivity contribution in [2.75, 3.05) is 29.9 Å². The van der Waals surface area contributed by atoms with Crippen LogP contribution < -0.4 is 10.2 Å². The van der Waals surface area contributed by atoms with Crippen LogP contribution in [0, 0.1) is 25.5 Å².